The van der Waals surface area contributed by atoms with E-state index >= 15 is 0 Å². The molecule has 0 atom stereocenters. The normalized spacial score (nSPS) is 11.1. The Labute approximate surface area is 123 Å². The molecule has 2 heterocycles. The number of rotatable bonds is 5. The zero-order valence-corrected chi connectivity index (χ0v) is 11.2. The van der Waals surface area contributed by atoms with E-state index < -0.39 is 17.9 Å². The molecule has 0 spiro atoms. The van der Waals surface area contributed by atoms with Crippen LogP contribution < -0.4 is 0 Å². The Kier molecular flexibility index (Phi) is 3.34. The van der Waals surface area contributed by atoms with Crippen LogP contribution in [-0.4, -0.2) is 37.3 Å². The van der Waals surface area contributed by atoms with E-state index in [1.807, 2.05) is 24.3 Å². The maximum Gasteiger partial charge on any atom is 0.318 e. The van der Waals surface area contributed by atoms with Crippen LogP contribution in [0.1, 0.15) is 5.89 Å². The molecular weight excluding hydrogens is 290 g/mol. The van der Waals surface area contributed by atoms with Gasteiger partial charge in [0.25, 0.3) is 0 Å². The molecule has 8 nitrogen and oxygen atoms in total. The van der Waals surface area contributed by atoms with Crippen LogP contribution in [0.2, 0.25) is 0 Å². The van der Waals surface area contributed by atoms with Gasteiger partial charge in [-0.3, -0.25) is 9.59 Å². The van der Waals surface area contributed by atoms with Crippen molar-refractivity contribution >= 4 is 22.8 Å². The number of aliphatic carboxylic acids is 2. The summed E-state index contributed by atoms with van der Waals surface area (Å²) in [6.45, 7) is 0. The van der Waals surface area contributed by atoms with Gasteiger partial charge in [-0.2, -0.15) is 0 Å². The van der Waals surface area contributed by atoms with Crippen LogP contribution >= 0.6 is 0 Å². The Morgan fingerprint density at radius 2 is 1.91 bits per heavy atom. The van der Waals surface area contributed by atoms with Gasteiger partial charge in [-0.1, -0.05) is 18.2 Å². The monoisotopic (exact) mass is 301 g/mol. The fourth-order valence-corrected chi connectivity index (χ4v) is 2.15. The van der Waals surface area contributed by atoms with Gasteiger partial charge in [0, 0.05) is 17.1 Å². The topological polar surface area (TPSA) is 129 Å². The summed E-state index contributed by atoms with van der Waals surface area (Å²) in [5.41, 5.74) is 1.57. The quantitative estimate of drug-likeness (QED) is 0.609. The molecule has 112 valence electrons. The fraction of sp³-hybridized carbons (Fsp3) is 0.143. The van der Waals surface area contributed by atoms with Crippen LogP contribution in [0.25, 0.3) is 22.4 Å². The standard InChI is InChI=1S/C14H11N3O5/c18-13(19)8(14(20)21)5-11-16-17-12(22-11)9-6-15-10-4-2-1-3-7(9)10/h1-4,6,8,15H,5H2,(H,18,19)(H,20,21). The molecule has 0 aliphatic rings. The summed E-state index contributed by atoms with van der Waals surface area (Å²) in [4.78, 5) is 24.8. The molecule has 0 aliphatic carbocycles. The Bertz CT molecular complexity index is 837. The van der Waals surface area contributed by atoms with Crippen LogP contribution in [-0.2, 0) is 16.0 Å². The number of nitrogens with zero attached hydrogens (tertiary/aromatic N) is 2. The molecule has 3 aromatic rings. The van der Waals surface area contributed by atoms with E-state index in [-0.39, 0.29) is 18.2 Å². The third-order valence-electron chi connectivity index (χ3n) is 3.26. The molecule has 3 rings (SSSR count). The summed E-state index contributed by atoms with van der Waals surface area (Å²) in [5, 5.41) is 26.2. The van der Waals surface area contributed by atoms with Crippen molar-refractivity contribution in [1.29, 1.82) is 0 Å². The van der Waals surface area contributed by atoms with Gasteiger partial charge in [0.2, 0.25) is 11.8 Å². The van der Waals surface area contributed by atoms with E-state index in [4.69, 9.17) is 14.6 Å². The van der Waals surface area contributed by atoms with E-state index in [1.54, 1.807) is 6.20 Å². The molecule has 0 unspecified atom stereocenters. The average molecular weight is 301 g/mol. The highest BCUT2D eigenvalue weighted by Crippen LogP contribution is 2.27. The third kappa shape index (κ3) is 2.41. The molecule has 0 bridgehead atoms. The van der Waals surface area contributed by atoms with Crippen molar-refractivity contribution in [1.82, 2.24) is 15.2 Å². The molecule has 0 saturated carbocycles. The Morgan fingerprint density at radius 1 is 1.18 bits per heavy atom. The first-order chi connectivity index (χ1) is 10.6. The molecule has 22 heavy (non-hydrogen) atoms. The predicted molar refractivity (Wildman–Crippen MR) is 74.1 cm³/mol. The number of carboxylic acids is 2. The smallest absolute Gasteiger partial charge is 0.318 e. The summed E-state index contributed by atoms with van der Waals surface area (Å²) in [6, 6.07) is 7.51. The van der Waals surface area contributed by atoms with Crippen molar-refractivity contribution in [3.05, 3.63) is 36.4 Å². The SMILES string of the molecule is O=C(O)C(Cc1nnc(-c2c[nH]c3ccccc23)o1)C(=O)O. The number of nitrogens with one attached hydrogen (secondary N) is 1. The van der Waals surface area contributed by atoms with E-state index in [0.717, 1.165) is 10.9 Å². The lowest BCUT2D eigenvalue weighted by Gasteiger charge is -2.02. The van der Waals surface area contributed by atoms with E-state index in [1.165, 1.54) is 0 Å². The molecule has 1 aromatic carbocycles. The number of para-hydroxylation sites is 1. The number of aromatic nitrogens is 3. The van der Waals surface area contributed by atoms with Crippen LogP contribution in [0, 0.1) is 5.92 Å². The zero-order chi connectivity index (χ0) is 15.7. The van der Waals surface area contributed by atoms with Crippen LogP contribution in [0.3, 0.4) is 0 Å². The highest BCUT2D eigenvalue weighted by atomic mass is 16.4. The van der Waals surface area contributed by atoms with Gasteiger partial charge in [-0.25, -0.2) is 0 Å². The third-order valence-corrected chi connectivity index (χ3v) is 3.26. The van der Waals surface area contributed by atoms with Crippen LogP contribution in [0.15, 0.2) is 34.9 Å². The fourth-order valence-electron chi connectivity index (χ4n) is 2.15. The van der Waals surface area contributed by atoms with Crippen LogP contribution in [0.4, 0.5) is 0 Å². The summed E-state index contributed by atoms with van der Waals surface area (Å²) in [5.74, 6) is -4.33. The van der Waals surface area contributed by atoms with Gasteiger partial charge in [0.15, 0.2) is 5.92 Å². The average Bonchev–Trinajstić information content (AvgIpc) is 3.10. The van der Waals surface area contributed by atoms with E-state index in [9.17, 15) is 9.59 Å². The largest absolute Gasteiger partial charge is 0.481 e. The number of fused-ring (bicyclic) bond motifs is 1. The summed E-state index contributed by atoms with van der Waals surface area (Å²) in [6.07, 6.45) is 1.34. The number of carboxylic acid groups (broad SMARTS) is 2. The van der Waals surface area contributed by atoms with E-state index in [2.05, 4.69) is 15.2 Å². The van der Waals surface area contributed by atoms with Gasteiger partial charge < -0.3 is 19.6 Å². The molecule has 2 aromatic heterocycles. The molecular formula is C14H11N3O5. The maximum atomic E-state index is 10.9. The molecule has 0 saturated heterocycles. The summed E-state index contributed by atoms with van der Waals surface area (Å²) >= 11 is 0. The van der Waals surface area contributed by atoms with Gasteiger partial charge >= 0.3 is 11.9 Å². The molecule has 3 N–H and O–H groups in total. The Hall–Kier alpha value is -3.16. The molecule has 0 fully saturated rings. The van der Waals surface area contributed by atoms with Crippen LogP contribution in [0.5, 0.6) is 0 Å². The predicted octanol–water partition coefficient (Wildman–Crippen LogP) is 1.55. The summed E-state index contributed by atoms with van der Waals surface area (Å²) < 4.78 is 5.40. The number of benzene rings is 1. The minimum Gasteiger partial charge on any atom is -0.481 e. The first-order valence-electron chi connectivity index (χ1n) is 6.40. The van der Waals surface area contributed by atoms with Crippen molar-refractivity contribution in [2.24, 2.45) is 5.92 Å². The van der Waals surface area contributed by atoms with Crippen molar-refractivity contribution in [3.8, 4) is 11.5 Å². The highest BCUT2D eigenvalue weighted by Gasteiger charge is 2.28. The van der Waals surface area contributed by atoms with Gasteiger partial charge in [0.1, 0.15) is 0 Å². The molecule has 8 heteroatoms. The molecule has 0 radical (unpaired) electrons. The Balaban J connectivity index is 1.91. The second-order valence-electron chi connectivity index (χ2n) is 4.68. The number of hydrogen-bond acceptors (Lipinski definition) is 5. The maximum absolute atomic E-state index is 10.9. The summed E-state index contributed by atoms with van der Waals surface area (Å²) in [7, 11) is 0. The van der Waals surface area contributed by atoms with Gasteiger partial charge in [-0.15, -0.1) is 10.2 Å². The zero-order valence-electron chi connectivity index (χ0n) is 11.2. The molecule has 0 aliphatic heterocycles. The first kappa shape index (κ1) is 13.8. The minimum absolute atomic E-state index is 0.0323. The van der Waals surface area contributed by atoms with Crippen molar-refractivity contribution in [2.45, 2.75) is 6.42 Å². The van der Waals surface area contributed by atoms with Crippen molar-refractivity contribution in [3.63, 3.8) is 0 Å². The lowest BCUT2D eigenvalue weighted by atomic mass is 10.1. The van der Waals surface area contributed by atoms with Gasteiger partial charge in [0.05, 0.1) is 12.0 Å². The van der Waals surface area contributed by atoms with Crippen molar-refractivity contribution in [2.75, 3.05) is 0 Å². The highest BCUT2D eigenvalue weighted by molar-refractivity contribution is 5.94. The number of aromatic amines is 1. The second-order valence-corrected chi connectivity index (χ2v) is 4.68. The number of carbonyl (C=O) groups is 2. The lowest BCUT2D eigenvalue weighted by molar-refractivity contribution is -0.154. The first-order valence-corrected chi connectivity index (χ1v) is 6.40. The minimum atomic E-state index is -1.61. The molecule has 0 amide bonds. The Morgan fingerprint density at radius 3 is 2.64 bits per heavy atom. The number of H-pyrrole nitrogens is 1. The number of hydrogen-bond donors (Lipinski definition) is 3. The second kappa shape index (κ2) is 5.32. The van der Waals surface area contributed by atoms with Crippen molar-refractivity contribution < 1.29 is 24.2 Å². The van der Waals surface area contributed by atoms with E-state index in [0.29, 0.717) is 5.56 Å². The van der Waals surface area contributed by atoms with Gasteiger partial charge in [-0.05, 0) is 6.07 Å². The lowest BCUT2D eigenvalue weighted by Crippen LogP contribution is -2.25.